The Bertz CT molecular complexity index is 1650. The number of amides is 3. The highest BCUT2D eigenvalue weighted by Gasteiger charge is 2.23. The minimum Gasteiger partial charge on any atom is -0.354 e. The molecule has 0 bridgehead atoms. The second-order valence-electron chi connectivity index (χ2n) is 11.8. The summed E-state index contributed by atoms with van der Waals surface area (Å²) in [6, 6.07) is 33.2. The minimum absolute atomic E-state index is 0.0588. The van der Waals surface area contributed by atoms with Crippen LogP contribution in [0.1, 0.15) is 51.6 Å². The van der Waals surface area contributed by atoms with E-state index in [0.29, 0.717) is 36.1 Å². The van der Waals surface area contributed by atoms with Crippen LogP contribution >= 0.6 is 0 Å². The van der Waals surface area contributed by atoms with Gasteiger partial charge >= 0.3 is 0 Å². The number of rotatable bonds is 14. The standard InChI is InChI=1S/C31H37N5O4S.C7H8/c1-22(29(37)34-21-24-13-14-24)32-15-16-33-30(38)25-17-26(31(39)35-20-23-9-5-3-6-10-23)19-27(18-25)36(2)41(40)28-11-7-4-8-12-28;1-7-5-3-2-4-6-7/h3-12,17-19,22,24,32H,13-16,20-21H2,1-2H3,(H,33,38)(H,34,37)(H,35,39);2-6H,1H3/t22-,41?;/m0./s1. The molecule has 10 heteroatoms. The molecule has 1 unspecified atom stereocenters. The zero-order chi connectivity index (χ0) is 34.3. The van der Waals surface area contributed by atoms with E-state index in [4.69, 9.17) is 0 Å². The van der Waals surface area contributed by atoms with Gasteiger partial charge in [0, 0.05) is 44.4 Å². The van der Waals surface area contributed by atoms with E-state index in [0.717, 1.165) is 5.56 Å². The third kappa shape index (κ3) is 11.8. The molecule has 1 aliphatic carbocycles. The van der Waals surface area contributed by atoms with Gasteiger partial charge in [0.1, 0.15) is 0 Å². The van der Waals surface area contributed by atoms with Gasteiger partial charge in [0.05, 0.1) is 16.6 Å². The first-order valence-electron chi connectivity index (χ1n) is 16.2. The van der Waals surface area contributed by atoms with E-state index in [1.54, 1.807) is 50.4 Å². The lowest BCUT2D eigenvalue weighted by molar-refractivity contribution is -0.122. The lowest BCUT2D eigenvalue weighted by atomic mass is 10.1. The summed E-state index contributed by atoms with van der Waals surface area (Å²) in [6.45, 7) is 5.59. The van der Waals surface area contributed by atoms with Crippen molar-refractivity contribution in [3.8, 4) is 0 Å². The predicted octanol–water partition coefficient (Wildman–Crippen LogP) is 5.00. The van der Waals surface area contributed by atoms with E-state index in [2.05, 4.69) is 40.3 Å². The number of benzene rings is 4. The number of carbonyl (C=O) groups excluding carboxylic acids is 3. The number of hydrogen-bond donors (Lipinski definition) is 4. The van der Waals surface area contributed by atoms with Crippen molar-refractivity contribution in [1.29, 1.82) is 0 Å². The lowest BCUT2D eigenvalue weighted by Crippen LogP contribution is -2.45. The summed E-state index contributed by atoms with van der Waals surface area (Å²) < 4.78 is 14.8. The van der Waals surface area contributed by atoms with Crippen LogP contribution in [0.5, 0.6) is 0 Å². The molecule has 0 aromatic heterocycles. The lowest BCUT2D eigenvalue weighted by Gasteiger charge is -2.20. The van der Waals surface area contributed by atoms with Crippen molar-refractivity contribution < 1.29 is 18.6 Å². The highest BCUT2D eigenvalue weighted by Crippen LogP contribution is 2.27. The molecule has 1 fully saturated rings. The Kier molecular flexibility index (Phi) is 13.9. The monoisotopic (exact) mass is 667 g/mol. The Morgan fingerprint density at radius 2 is 1.33 bits per heavy atom. The molecule has 5 rings (SSSR count). The van der Waals surface area contributed by atoms with Gasteiger partial charge in [-0.3, -0.25) is 18.7 Å². The maximum atomic E-state index is 13.2. The minimum atomic E-state index is -1.55. The number of nitrogens with one attached hydrogen (secondary N) is 4. The van der Waals surface area contributed by atoms with Crippen molar-refractivity contribution in [2.75, 3.05) is 31.0 Å². The Balaban J connectivity index is 0.000000659. The quantitative estimate of drug-likeness (QED) is 0.141. The molecule has 4 aromatic rings. The summed E-state index contributed by atoms with van der Waals surface area (Å²) in [5.41, 5.74) is 3.27. The number of nitrogens with zero attached hydrogens (tertiary/aromatic N) is 1. The number of carbonyl (C=O) groups is 3. The van der Waals surface area contributed by atoms with Crippen molar-refractivity contribution in [3.63, 3.8) is 0 Å². The van der Waals surface area contributed by atoms with Gasteiger partial charge in [0.15, 0.2) is 11.0 Å². The second kappa shape index (κ2) is 18.5. The van der Waals surface area contributed by atoms with E-state index in [9.17, 15) is 18.6 Å². The Morgan fingerprint density at radius 1 is 0.771 bits per heavy atom. The molecule has 2 atom stereocenters. The first-order valence-corrected chi connectivity index (χ1v) is 17.3. The van der Waals surface area contributed by atoms with Crippen LogP contribution in [-0.4, -0.2) is 54.7 Å². The van der Waals surface area contributed by atoms with Crippen molar-refractivity contribution in [1.82, 2.24) is 21.3 Å². The highest BCUT2D eigenvalue weighted by atomic mass is 32.2. The number of aryl methyl sites for hydroxylation is 1. The summed E-state index contributed by atoms with van der Waals surface area (Å²) in [5.74, 6) is -0.181. The SMILES string of the molecule is C[C@H](NCCNC(=O)c1cc(C(=O)NCc2ccccc2)cc(N(C)S(=O)c2ccccc2)c1)C(=O)NCC1CC1.Cc1ccccc1. The molecule has 4 aromatic carbocycles. The van der Waals surface area contributed by atoms with E-state index in [1.807, 2.05) is 54.6 Å². The van der Waals surface area contributed by atoms with Gasteiger partial charge in [-0.05, 0) is 68.5 Å². The van der Waals surface area contributed by atoms with Gasteiger partial charge in [0.25, 0.3) is 11.8 Å². The Labute approximate surface area is 286 Å². The molecule has 0 spiro atoms. The van der Waals surface area contributed by atoms with Gasteiger partial charge in [-0.2, -0.15) is 0 Å². The molecular formula is C38H45N5O4S. The van der Waals surface area contributed by atoms with Crippen LogP contribution in [0.15, 0.2) is 114 Å². The van der Waals surface area contributed by atoms with Crippen LogP contribution in [-0.2, 0) is 22.3 Å². The van der Waals surface area contributed by atoms with Crippen LogP contribution < -0.4 is 25.6 Å². The maximum Gasteiger partial charge on any atom is 0.251 e. The molecule has 9 nitrogen and oxygen atoms in total. The molecule has 0 saturated heterocycles. The topological polar surface area (TPSA) is 120 Å². The van der Waals surface area contributed by atoms with Crippen LogP contribution in [0.3, 0.4) is 0 Å². The van der Waals surface area contributed by atoms with E-state index >= 15 is 0 Å². The summed E-state index contributed by atoms with van der Waals surface area (Å²) in [5, 5.41) is 11.8. The first-order chi connectivity index (χ1) is 23.2. The zero-order valence-corrected chi connectivity index (χ0v) is 28.6. The van der Waals surface area contributed by atoms with Crippen LogP contribution in [0.25, 0.3) is 0 Å². The number of anilines is 1. The smallest absolute Gasteiger partial charge is 0.251 e. The van der Waals surface area contributed by atoms with Gasteiger partial charge in [-0.1, -0.05) is 84.4 Å². The van der Waals surface area contributed by atoms with Crippen molar-refractivity contribution in [3.05, 3.63) is 131 Å². The van der Waals surface area contributed by atoms with Gasteiger partial charge in [0.2, 0.25) is 5.91 Å². The molecule has 0 radical (unpaired) electrons. The fraction of sp³-hybridized carbons (Fsp3) is 0.289. The van der Waals surface area contributed by atoms with Gasteiger partial charge in [-0.15, -0.1) is 0 Å². The van der Waals surface area contributed by atoms with E-state index in [1.165, 1.54) is 28.8 Å². The molecule has 0 heterocycles. The highest BCUT2D eigenvalue weighted by molar-refractivity contribution is 7.86. The summed E-state index contributed by atoms with van der Waals surface area (Å²) in [6.07, 6.45) is 2.34. The molecule has 0 aliphatic heterocycles. The molecule has 4 N–H and O–H groups in total. The third-order valence-electron chi connectivity index (χ3n) is 7.75. The fourth-order valence-electron chi connectivity index (χ4n) is 4.64. The Morgan fingerprint density at radius 3 is 1.90 bits per heavy atom. The maximum absolute atomic E-state index is 13.2. The molecule has 1 saturated carbocycles. The fourth-order valence-corrected chi connectivity index (χ4v) is 5.64. The molecule has 3 amide bonds. The predicted molar refractivity (Wildman–Crippen MR) is 192 cm³/mol. The third-order valence-corrected chi connectivity index (χ3v) is 9.14. The summed E-state index contributed by atoms with van der Waals surface area (Å²) >= 11 is 0. The molecule has 48 heavy (non-hydrogen) atoms. The van der Waals surface area contributed by atoms with Crippen LogP contribution in [0.4, 0.5) is 5.69 Å². The van der Waals surface area contributed by atoms with Crippen molar-refractivity contribution in [2.24, 2.45) is 5.92 Å². The van der Waals surface area contributed by atoms with Gasteiger partial charge in [-0.25, -0.2) is 4.21 Å². The summed E-state index contributed by atoms with van der Waals surface area (Å²) in [7, 11) is 0.107. The van der Waals surface area contributed by atoms with Crippen LogP contribution in [0.2, 0.25) is 0 Å². The largest absolute Gasteiger partial charge is 0.354 e. The van der Waals surface area contributed by atoms with Crippen LogP contribution in [0, 0.1) is 12.8 Å². The number of hydrogen-bond acceptors (Lipinski definition) is 5. The average molecular weight is 668 g/mol. The zero-order valence-electron chi connectivity index (χ0n) is 27.8. The molecule has 252 valence electrons. The Hall–Kier alpha value is -4.80. The van der Waals surface area contributed by atoms with Crippen molar-refractivity contribution >= 4 is 34.4 Å². The van der Waals surface area contributed by atoms with E-state index < -0.39 is 11.0 Å². The van der Waals surface area contributed by atoms with Crippen molar-refractivity contribution in [2.45, 2.75) is 44.2 Å². The molecular weight excluding hydrogens is 623 g/mol. The van der Waals surface area contributed by atoms with Gasteiger partial charge < -0.3 is 21.3 Å². The molecule has 1 aliphatic rings. The normalized spacial score (nSPS) is 13.2. The second-order valence-corrected chi connectivity index (χ2v) is 13.3. The van der Waals surface area contributed by atoms with E-state index in [-0.39, 0.29) is 41.4 Å². The summed E-state index contributed by atoms with van der Waals surface area (Å²) in [4.78, 5) is 39.1. The average Bonchev–Trinajstić information content (AvgIpc) is 3.96. The first kappa shape index (κ1) is 36.0.